The van der Waals surface area contributed by atoms with Crippen molar-refractivity contribution in [2.45, 2.75) is 6.61 Å². The number of hydrogen-bond acceptors (Lipinski definition) is 3. The van der Waals surface area contributed by atoms with Crippen molar-refractivity contribution in [2.24, 2.45) is 0 Å². The van der Waals surface area contributed by atoms with Crippen molar-refractivity contribution in [3.63, 3.8) is 0 Å². The number of pyridine rings is 1. The number of hydrogen-bond donors (Lipinski definition) is 1. The van der Waals surface area contributed by atoms with Crippen LogP contribution in [0.15, 0.2) is 22.7 Å². The Hall–Kier alpha value is -0.840. The Balaban J connectivity index is 2.71. The first-order valence-electron chi connectivity index (χ1n) is 4.65. The lowest BCUT2D eigenvalue weighted by Crippen LogP contribution is -1.97. The molecule has 0 spiro atoms. The standard InChI is InChI=1S/C11H10BrClN2O/c1-16-5-7-4-10(14)8-2-6(12)3-9(13)11(8)15-7/h2-4H,5H2,1H3,(H2,14,15). The molecule has 0 aliphatic carbocycles. The molecule has 0 unspecified atom stereocenters. The van der Waals surface area contributed by atoms with E-state index in [1.165, 1.54) is 0 Å². The van der Waals surface area contributed by atoms with Gasteiger partial charge in [-0.25, -0.2) is 4.98 Å². The van der Waals surface area contributed by atoms with Crippen LogP contribution in [0.3, 0.4) is 0 Å². The Morgan fingerprint density at radius 2 is 2.19 bits per heavy atom. The number of nitrogens with zero attached hydrogens (tertiary/aromatic N) is 1. The van der Waals surface area contributed by atoms with Gasteiger partial charge in [-0.15, -0.1) is 0 Å². The predicted molar refractivity (Wildman–Crippen MR) is 69.6 cm³/mol. The largest absolute Gasteiger partial charge is 0.398 e. The molecular weight excluding hydrogens is 291 g/mol. The number of benzene rings is 1. The summed E-state index contributed by atoms with van der Waals surface area (Å²) in [5, 5.41) is 1.42. The Labute approximate surface area is 107 Å². The molecule has 0 aliphatic rings. The fourth-order valence-electron chi connectivity index (χ4n) is 1.55. The van der Waals surface area contributed by atoms with Gasteiger partial charge in [-0.3, -0.25) is 0 Å². The Kier molecular flexibility index (Phi) is 3.33. The van der Waals surface area contributed by atoms with Crippen LogP contribution in [0.25, 0.3) is 10.9 Å². The molecule has 0 amide bonds. The number of nitrogen functional groups attached to an aromatic ring is 1. The maximum atomic E-state index is 6.12. The van der Waals surface area contributed by atoms with Gasteiger partial charge in [0.05, 0.1) is 22.8 Å². The van der Waals surface area contributed by atoms with Gasteiger partial charge in [0.15, 0.2) is 0 Å². The SMILES string of the molecule is COCc1cc(N)c2cc(Br)cc(Cl)c2n1. The minimum atomic E-state index is 0.423. The van der Waals surface area contributed by atoms with Crippen LogP contribution in [0, 0.1) is 0 Å². The molecule has 0 saturated carbocycles. The fraction of sp³-hybridized carbons (Fsp3) is 0.182. The summed E-state index contributed by atoms with van der Waals surface area (Å²) < 4.78 is 5.91. The van der Waals surface area contributed by atoms with Crippen LogP contribution >= 0.6 is 27.5 Å². The lowest BCUT2D eigenvalue weighted by Gasteiger charge is -2.07. The maximum Gasteiger partial charge on any atom is 0.0913 e. The third kappa shape index (κ3) is 2.14. The second kappa shape index (κ2) is 4.57. The van der Waals surface area contributed by atoms with Crippen LogP contribution in [-0.2, 0) is 11.3 Å². The predicted octanol–water partition coefficient (Wildman–Crippen LogP) is 3.38. The number of rotatable bonds is 2. The van der Waals surface area contributed by atoms with E-state index in [4.69, 9.17) is 22.1 Å². The van der Waals surface area contributed by atoms with E-state index in [0.717, 1.165) is 15.6 Å². The van der Waals surface area contributed by atoms with E-state index >= 15 is 0 Å². The highest BCUT2D eigenvalue weighted by atomic mass is 79.9. The van der Waals surface area contributed by atoms with E-state index in [1.54, 1.807) is 19.2 Å². The maximum absolute atomic E-state index is 6.12. The first-order valence-corrected chi connectivity index (χ1v) is 5.82. The molecule has 3 nitrogen and oxygen atoms in total. The summed E-state index contributed by atoms with van der Waals surface area (Å²) in [6.45, 7) is 0.423. The second-order valence-corrected chi connectivity index (χ2v) is 4.74. The Morgan fingerprint density at radius 1 is 1.44 bits per heavy atom. The number of ether oxygens (including phenoxy) is 1. The molecular formula is C11H10BrClN2O. The normalized spacial score (nSPS) is 10.9. The lowest BCUT2D eigenvalue weighted by molar-refractivity contribution is 0.182. The molecule has 16 heavy (non-hydrogen) atoms. The molecule has 2 rings (SSSR count). The first-order chi connectivity index (χ1) is 7.61. The zero-order valence-electron chi connectivity index (χ0n) is 8.63. The van der Waals surface area contributed by atoms with E-state index in [1.807, 2.05) is 6.07 Å². The van der Waals surface area contributed by atoms with Crippen molar-refractivity contribution in [3.05, 3.63) is 33.4 Å². The number of aromatic nitrogens is 1. The van der Waals surface area contributed by atoms with Crippen LogP contribution < -0.4 is 5.73 Å². The summed E-state index contributed by atoms with van der Waals surface area (Å²) in [4.78, 5) is 4.41. The van der Waals surface area contributed by atoms with E-state index in [0.29, 0.717) is 22.8 Å². The molecule has 1 aromatic heterocycles. The number of fused-ring (bicyclic) bond motifs is 1. The Bertz CT molecular complexity index is 545. The third-order valence-electron chi connectivity index (χ3n) is 2.21. The summed E-state index contributed by atoms with van der Waals surface area (Å²) >= 11 is 9.49. The summed E-state index contributed by atoms with van der Waals surface area (Å²) in [5.74, 6) is 0. The minimum absolute atomic E-state index is 0.423. The van der Waals surface area contributed by atoms with Crippen molar-refractivity contribution in [1.82, 2.24) is 4.98 Å². The van der Waals surface area contributed by atoms with Gasteiger partial charge >= 0.3 is 0 Å². The lowest BCUT2D eigenvalue weighted by atomic mass is 10.1. The minimum Gasteiger partial charge on any atom is -0.398 e. The van der Waals surface area contributed by atoms with Gasteiger partial charge in [0.1, 0.15) is 0 Å². The average molecular weight is 302 g/mol. The van der Waals surface area contributed by atoms with Crippen molar-refractivity contribution in [2.75, 3.05) is 12.8 Å². The molecule has 2 N–H and O–H groups in total. The molecule has 0 atom stereocenters. The summed E-state index contributed by atoms with van der Waals surface area (Å²) in [5.41, 5.74) is 8.08. The van der Waals surface area contributed by atoms with Crippen molar-refractivity contribution in [3.8, 4) is 0 Å². The van der Waals surface area contributed by atoms with Crippen LogP contribution in [0.5, 0.6) is 0 Å². The highest BCUT2D eigenvalue weighted by Gasteiger charge is 2.08. The molecule has 1 aromatic carbocycles. The van der Waals surface area contributed by atoms with Crippen molar-refractivity contribution in [1.29, 1.82) is 0 Å². The summed E-state index contributed by atoms with van der Waals surface area (Å²) in [6, 6.07) is 5.50. The highest BCUT2D eigenvalue weighted by Crippen LogP contribution is 2.30. The number of anilines is 1. The van der Waals surface area contributed by atoms with Crippen LogP contribution in [0.2, 0.25) is 5.02 Å². The molecule has 0 aliphatic heterocycles. The average Bonchev–Trinajstić information content (AvgIpc) is 2.20. The zero-order chi connectivity index (χ0) is 11.7. The topological polar surface area (TPSA) is 48.1 Å². The Morgan fingerprint density at radius 3 is 2.88 bits per heavy atom. The van der Waals surface area contributed by atoms with Crippen molar-refractivity contribution >= 4 is 44.1 Å². The van der Waals surface area contributed by atoms with Gasteiger partial charge in [0.25, 0.3) is 0 Å². The van der Waals surface area contributed by atoms with E-state index in [9.17, 15) is 0 Å². The molecule has 0 fully saturated rings. The highest BCUT2D eigenvalue weighted by molar-refractivity contribution is 9.10. The van der Waals surface area contributed by atoms with Gasteiger partial charge in [-0.2, -0.15) is 0 Å². The van der Waals surface area contributed by atoms with Gasteiger partial charge in [-0.05, 0) is 18.2 Å². The molecule has 5 heteroatoms. The van der Waals surface area contributed by atoms with Crippen LogP contribution in [0.1, 0.15) is 5.69 Å². The second-order valence-electron chi connectivity index (χ2n) is 3.42. The molecule has 0 radical (unpaired) electrons. The first kappa shape index (κ1) is 11.6. The van der Waals surface area contributed by atoms with Gasteiger partial charge < -0.3 is 10.5 Å². The van der Waals surface area contributed by atoms with E-state index < -0.39 is 0 Å². The fourth-order valence-corrected chi connectivity index (χ4v) is 2.41. The van der Waals surface area contributed by atoms with Crippen LogP contribution in [0.4, 0.5) is 5.69 Å². The van der Waals surface area contributed by atoms with Crippen LogP contribution in [-0.4, -0.2) is 12.1 Å². The molecule has 0 bridgehead atoms. The monoisotopic (exact) mass is 300 g/mol. The van der Waals surface area contributed by atoms with Gasteiger partial charge in [0.2, 0.25) is 0 Å². The number of nitrogens with two attached hydrogens (primary N) is 1. The van der Waals surface area contributed by atoms with Gasteiger partial charge in [0, 0.05) is 22.7 Å². The molecule has 1 heterocycles. The smallest absolute Gasteiger partial charge is 0.0913 e. The molecule has 2 aromatic rings. The number of methoxy groups -OCH3 is 1. The van der Waals surface area contributed by atoms with E-state index in [2.05, 4.69) is 20.9 Å². The summed E-state index contributed by atoms with van der Waals surface area (Å²) in [7, 11) is 1.62. The quantitative estimate of drug-likeness (QED) is 0.925. The van der Waals surface area contributed by atoms with Gasteiger partial charge in [-0.1, -0.05) is 27.5 Å². The third-order valence-corrected chi connectivity index (χ3v) is 2.95. The summed E-state index contributed by atoms with van der Waals surface area (Å²) in [6.07, 6.45) is 0. The zero-order valence-corrected chi connectivity index (χ0v) is 11.0. The van der Waals surface area contributed by atoms with Crippen molar-refractivity contribution < 1.29 is 4.74 Å². The molecule has 0 saturated heterocycles. The molecule has 84 valence electrons. The number of halogens is 2. The van der Waals surface area contributed by atoms with E-state index in [-0.39, 0.29) is 0 Å².